The predicted octanol–water partition coefficient (Wildman–Crippen LogP) is 3.28. The van der Waals surface area contributed by atoms with Crippen molar-refractivity contribution in [2.45, 2.75) is 102 Å². The molecule has 3 amide bonds. The van der Waals surface area contributed by atoms with Gasteiger partial charge in [-0.05, 0) is 76.4 Å². The zero-order chi connectivity index (χ0) is 25.3. The first-order valence-corrected chi connectivity index (χ1v) is 13.9. The van der Waals surface area contributed by atoms with Crippen LogP contribution < -0.4 is 16.4 Å². The van der Waals surface area contributed by atoms with Gasteiger partial charge in [-0.1, -0.05) is 20.8 Å². The molecule has 9 heteroatoms. The first-order chi connectivity index (χ1) is 16.0. The molecule has 2 atom stereocenters. The summed E-state index contributed by atoms with van der Waals surface area (Å²) < 4.78 is 4.77. The Morgan fingerprint density at radius 3 is 2.44 bits per heavy atom. The molecular weight excluding hydrogens is 452 g/mol. The molecule has 0 unspecified atom stereocenters. The number of amides is 3. The molecule has 0 radical (unpaired) electrons. The van der Waals surface area contributed by atoms with E-state index in [-0.39, 0.29) is 30.4 Å². The molecule has 2 fully saturated rings. The fourth-order valence-corrected chi connectivity index (χ4v) is 5.66. The normalized spacial score (nSPS) is 24.1. The van der Waals surface area contributed by atoms with Gasteiger partial charge in [-0.25, -0.2) is 4.79 Å². The molecule has 0 bridgehead atoms. The first kappa shape index (κ1) is 28.8. The second-order valence-electron chi connectivity index (χ2n) is 10.7. The third-order valence-corrected chi connectivity index (χ3v) is 8.32. The Labute approximate surface area is 209 Å². The van der Waals surface area contributed by atoms with Gasteiger partial charge in [0.25, 0.3) is 0 Å². The predicted molar refractivity (Wildman–Crippen MR) is 138 cm³/mol. The number of alkyl carbamates (subject to hydrolysis) is 1. The van der Waals surface area contributed by atoms with Gasteiger partial charge in [0.05, 0.1) is 6.61 Å². The molecule has 2 rings (SSSR count). The van der Waals surface area contributed by atoms with Crippen molar-refractivity contribution in [3.8, 4) is 0 Å². The highest BCUT2D eigenvalue weighted by molar-refractivity contribution is 8.00. The number of thioether (sulfide) groups is 1. The average Bonchev–Trinajstić information content (AvgIpc) is 3.29. The minimum absolute atomic E-state index is 0.0964. The van der Waals surface area contributed by atoms with Crippen molar-refractivity contribution in [1.82, 2.24) is 15.5 Å². The van der Waals surface area contributed by atoms with Crippen LogP contribution in [-0.4, -0.2) is 71.1 Å². The minimum atomic E-state index is -0.781. The van der Waals surface area contributed by atoms with E-state index in [4.69, 9.17) is 10.5 Å². The third-order valence-electron chi connectivity index (χ3n) is 6.73. The molecule has 196 valence electrons. The molecule has 8 nitrogen and oxygen atoms in total. The van der Waals surface area contributed by atoms with Gasteiger partial charge in [-0.3, -0.25) is 9.59 Å². The Balaban J connectivity index is 2.06. The van der Waals surface area contributed by atoms with E-state index in [0.717, 1.165) is 44.3 Å². The summed E-state index contributed by atoms with van der Waals surface area (Å²) in [5, 5.41) is 5.92. The molecular formula is C25H46N4O4S. The van der Waals surface area contributed by atoms with E-state index < -0.39 is 22.9 Å². The Morgan fingerprint density at radius 1 is 1.15 bits per heavy atom. The van der Waals surface area contributed by atoms with E-state index in [9.17, 15) is 14.4 Å². The van der Waals surface area contributed by atoms with Gasteiger partial charge in [0.2, 0.25) is 11.8 Å². The van der Waals surface area contributed by atoms with Gasteiger partial charge in [-0.2, -0.15) is 11.8 Å². The van der Waals surface area contributed by atoms with Gasteiger partial charge >= 0.3 is 6.09 Å². The Bertz CT molecular complexity index is 680. The average molecular weight is 499 g/mol. The Hall–Kier alpha value is -1.48. The summed E-state index contributed by atoms with van der Waals surface area (Å²) in [5.74, 6) is 1.21. The first-order valence-electron chi connectivity index (χ1n) is 13.0. The number of carbonyl (C=O) groups is 3. The van der Waals surface area contributed by atoms with Crippen LogP contribution in [0.3, 0.4) is 0 Å². The molecule has 0 aromatic heterocycles. The summed E-state index contributed by atoms with van der Waals surface area (Å²) in [5.41, 5.74) is 5.99. The van der Waals surface area contributed by atoms with E-state index in [1.165, 1.54) is 0 Å². The minimum Gasteiger partial charge on any atom is -0.449 e. The topological polar surface area (TPSA) is 114 Å². The lowest BCUT2D eigenvalue weighted by atomic mass is 9.86. The number of nitrogens with one attached hydrogen (secondary N) is 2. The van der Waals surface area contributed by atoms with Crippen molar-refractivity contribution in [1.29, 1.82) is 0 Å². The number of nitrogens with zero attached hydrogens (tertiary/aromatic N) is 1. The highest BCUT2D eigenvalue weighted by Crippen LogP contribution is 2.32. The van der Waals surface area contributed by atoms with E-state index in [1.807, 2.05) is 27.7 Å². The van der Waals surface area contributed by atoms with Crippen LogP contribution in [0.15, 0.2) is 0 Å². The van der Waals surface area contributed by atoms with Gasteiger partial charge in [0.15, 0.2) is 0 Å². The molecule has 0 aromatic carbocycles. The van der Waals surface area contributed by atoms with Crippen LogP contribution in [0, 0.1) is 11.8 Å². The lowest BCUT2D eigenvalue weighted by Crippen LogP contribution is -2.60. The molecule has 4 N–H and O–H groups in total. The lowest BCUT2D eigenvalue weighted by Gasteiger charge is -2.37. The number of rotatable bonds is 11. The highest BCUT2D eigenvalue weighted by atomic mass is 32.2. The number of hydrogen-bond donors (Lipinski definition) is 3. The van der Waals surface area contributed by atoms with E-state index in [1.54, 1.807) is 16.7 Å². The molecule has 1 saturated heterocycles. The second kappa shape index (κ2) is 13.6. The summed E-state index contributed by atoms with van der Waals surface area (Å²) in [4.78, 5) is 41.0. The largest absolute Gasteiger partial charge is 0.449 e. The Kier molecular flexibility index (Phi) is 11.5. The van der Waals surface area contributed by atoms with E-state index >= 15 is 0 Å². The van der Waals surface area contributed by atoms with Crippen molar-refractivity contribution in [3.63, 3.8) is 0 Å². The van der Waals surface area contributed by atoms with E-state index in [2.05, 4.69) is 17.6 Å². The van der Waals surface area contributed by atoms with Gasteiger partial charge in [-0.15, -0.1) is 0 Å². The van der Waals surface area contributed by atoms with Crippen LogP contribution in [-0.2, 0) is 14.3 Å². The second-order valence-corrected chi connectivity index (χ2v) is 12.5. The van der Waals surface area contributed by atoms with Gasteiger partial charge in [0, 0.05) is 23.9 Å². The summed E-state index contributed by atoms with van der Waals surface area (Å²) >= 11 is 1.65. The lowest BCUT2D eigenvalue weighted by molar-refractivity contribution is -0.140. The number of likely N-dealkylation sites (tertiary alicyclic amines) is 1. The fraction of sp³-hybridized carbons (Fsp3) is 0.880. The molecule has 1 heterocycles. The SMILES string of the molecule is CCCSC(C)(C)[C@@H](NC(=O)OCC(C)C)C(=O)N1CCC[C@H]1C(=O)NCC1CCC(N)CC1. The summed E-state index contributed by atoms with van der Waals surface area (Å²) in [6, 6.07) is -1.00. The number of ether oxygens (including phenoxy) is 1. The molecule has 2 aliphatic rings. The zero-order valence-corrected chi connectivity index (χ0v) is 22.5. The van der Waals surface area contributed by atoms with Gasteiger partial charge < -0.3 is 26.0 Å². The number of carbonyl (C=O) groups excluding carboxylic acids is 3. The van der Waals surface area contributed by atoms with Crippen LogP contribution in [0.1, 0.15) is 79.6 Å². The maximum atomic E-state index is 13.7. The molecule has 0 spiro atoms. The van der Waals surface area contributed by atoms with E-state index in [0.29, 0.717) is 25.4 Å². The smallest absolute Gasteiger partial charge is 0.407 e. The van der Waals surface area contributed by atoms with Crippen LogP contribution in [0.4, 0.5) is 4.79 Å². The Morgan fingerprint density at radius 2 is 1.82 bits per heavy atom. The summed E-state index contributed by atoms with van der Waals surface area (Å²) in [6.07, 6.45) is 5.85. The molecule has 1 aliphatic carbocycles. The highest BCUT2D eigenvalue weighted by Gasteiger charge is 2.44. The van der Waals surface area contributed by atoms with Crippen LogP contribution in [0.25, 0.3) is 0 Å². The van der Waals surface area contributed by atoms with Gasteiger partial charge in [0.1, 0.15) is 12.1 Å². The molecule has 1 aliphatic heterocycles. The van der Waals surface area contributed by atoms with Crippen LogP contribution in [0.5, 0.6) is 0 Å². The summed E-state index contributed by atoms with van der Waals surface area (Å²) in [6.45, 7) is 11.4. The fourth-order valence-electron chi connectivity index (χ4n) is 4.61. The maximum absolute atomic E-state index is 13.7. The maximum Gasteiger partial charge on any atom is 0.407 e. The van der Waals surface area contributed by atoms with Crippen LogP contribution >= 0.6 is 11.8 Å². The number of hydrogen-bond acceptors (Lipinski definition) is 6. The molecule has 34 heavy (non-hydrogen) atoms. The van der Waals surface area contributed by atoms with Crippen LogP contribution in [0.2, 0.25) is 0 Å². The standard InChI is InChI=1S/C25H46N4O4S/c1-6-14-34-25(4,5)21(28-24(32)33-16-17(2)3)23(31)29-13-7-8-20(29)22(30)27-15-18-9-11-19(26)12-10-18/h17-21H,6-16,26H2,1-5H3,(H,27,30)(H,28,32)/t18?,19?,20-,21-/m0/s1. The third kappa shape index (κ3) is 8.63. The van der Waals surface area contributed by atoms with Crippen molar-refractivity contribution >= 4 is 29.7 Å². The molecule has 1 saturated carbocycles. The quantitative estimate of drug-likeness (QED) is 0.403. The molecule has 0 aromatic rings. The summed E-state index contributed by atoms with van der Waals surface area (Å²) in [7, 11) is 0. The van der Waals surface area contributed by atoms with Crippen molar-refractivity contribution < 1.29 is 19.1 Å². The number of nitrogens with two attached hydrogens (primary N) is 1. The zero-order valence-electron chi connectivity index (χ0n) is 21.7. The monoisotopic (exact) mass is 498 g/mol. The van der Waals surface area contributed by atoms with Crippen molar-refractivity contribution in [2.75, 3.05) is 25.4 Å². The van der Waals surface area contributed by atoms with Crippen molar-refractivity contribution in [2.24, 2.45) is 17.6 Å². The van der Waals surface area contributed by atoms with Crippen molar-refractivity contribution in [3.05, 3.63) is 0 Å².